The van der Waals surface area contributed by atoms with Gasteiger partial charge in [0.1, 0.15) is 18.0 Å². The van der Waals surface area contributed by atoms with Gasteiger partial charge in [-0.25, -0.2) is 0 Å². The molecule has 0 aliphatic rings. The number of methoxy groups -OCH3 is 4. The predicted molar refractivity (Wildman–Crippen MR) is 153 cm³/mol. The van der Waals surface area contributed by atoms with Gasteiger partial charge >= 0.3 is 0 Å². The van der Waals surface area contributed by atoms with Crippen molar-refractivity contribution in [3.05, 3.63) is 69.9 Å². The van der Waals surface area contributed by atoms with Crippen LogP contribution in [0.1, 0.15) is 41.1 Å². The van der Waals surface area contributed by atoms with E-state index in [0.29, 0.717) is 54.5 Å². The van der Waals surface area contributed by atoms with Crippen molar-refractivity contribution in [2.24, 2.45) is 0 Å². The van der Waals surface area contributed by atoms with E-state index in [0.717, 1.165) is 10.4 Å². The molecule has 1 heterocycles. The lowest BCUT2D eigenvalue weighted by Gasteiger charge is -2.31. The summed E-state index contributed by atoms with van der Waals surface area (Å²) < 4.78 is 21.5. The SMILES string of the molecule is CCC(C)N(CC(=O)N(CCc1ccc(OC)c(OC)c1)Cc1cccs1)C(=O)c1ccc(OC)cc1OC. The molecule has 3 aromatic rings. The van der Waals surface area contributed by atoms with Crippen molar-refractivity contribution in [1.29, 1.82) is 0 Å². The van der Waals surface area contributed by atoms with Gasteiger partial charge in [-0.2, -0.15) is 0 Å². The molecule has 0 radical (unpaired) electrons. The highest BCUT2D eigenvalue weighted by atomic mass is 32.1. The van der Waals surface area contributed by atoms with Gasteiger partial charge in [-0.05, 0) is 61.0 Å². The molecule has 0 fully saturated rings. The first-order valence-electron chi connectivity index (χ1n) is 12.9. The van der Waals surface area contributed by atoms with Gasteiger partial charge in [-0.15, -0.1) is 11.3 Å². The number of hydrogen-bond acceptors (Lipinski definition) is 7. The van der Waals surface area contributed by atoms with Crippen LogP contribution in [0.2, 0.25) is 0 Å². The molecule has 0 aliphatic heterocycles. The lowest BCUT2D eigenvalue weighted by atomic mass is 10.1. The van der Waals surface area contributed by atoms with Crippen molar-refractivity contribution >= 4 is 23.2 Å². The number of amides is 2. The summed E-state index contributed by atoms with van der Waals surface area (Å²) in [7, 11) is 6.28. The van der Waals surface area contributed by atoms with E-state index >= 15 is 0 Å². The summed E-state index contributed by atoms with van der Waals surface area (Å²) in [6, 6.07) is 14.7. The third-order valence-corrected chi connectivity index (χ3v) is 7.59. The van der Waals surface area contributed by atoms with Crippen LogP contribution in [-0.4, -0.2) is 69.2 Å². The zero-order valence-electron chi connectivity index (χ0n) is 23.6. The van der Waals surface area contributed by atoms with E-state index in [9.17, 15) is 9.59 Å². The number of ether oxygens (including phenoxy) is 4. The zero-order chi connectivity index (χ0) is 28.4. The molecule has 39 heavy (non-hydrogen) atoms. The Morgan fingerprint density at radius 3 is 2.26 bits per heavy atom. The first-order chi connectivity index (χ1) is 18.8. The summed E-state index contributed by atoms with van der Waals surface area (Å²) in [5.41, 5.74) is 1.41. The van der Waals surface area contributed by atoms with E-state index in [4.69, 9.17) is 18.9 Å². The molecular weight excluding hydrogens is 516 g/mol. The Bertz CT molecular complexity index is 1230. The summed E-state index contributed by atoms with van der Waals surface area (Å²) in [6.45, 7) is 4.87. The number of rotatable bonds is 14. The number of benzene rings is 2. The largest absolute Gasteiger partial charge is 0.497 e. The molecule has 3 rings (SSSR count). The molecule has 1 aromatic heterocycles. The van der Waals surface area contributed by atoms with Gasteiger partial charge < -0.3 is 28.7 Å². The van der Waals surface area contributed by atoms with Crippen molar-refractivity contribution in [1.82, 2.24) is 9.80 Å². The fourth-order valence-electron chi connectivity index (χ4n) is 4.21. The summed E-state index contributed by atoms with van der Waals surface area (Å²) in [4.78, 5) is 32.0. The van der Waals surface area contributed by atoms with Gasteiger partial charge in [0.25, 0.3) is 5.91 Å². The van der Waals surface area contributed by atoms with Crippen LogP contribution in [0.3, 0.4) is 0 Å². The predicted octanol–water partition coefficient (Wildman–Crippen LogP) is 5.29. The Morgan fingerprint density at radius 1 is 0.897 bits per heavy atom. The Balaban J connectivity index is 1.84. The molecular formula is C30H38N2O6S. The van der Waals surface area contributed by atoms with E-state index in [1.165, 1.54) is 7.11 Å². The Morgan fingerprint density at radius 2 is 1.64 bits per heavy atom. The van der Waals surface area contributed by atoms with E-state index < -0.39 is 0 Å². The van der Waals surface area contributed by atoms with Crippen molar-refractivity contribution in [3.8, 4) is 23.0 Å². The average molecular weight is 555 g/mol. The van der Waals surface area contributed by atoms with Gasteiger partial charge in [0.2, 0.25) is 5.91 Å². The van der Waals surface area contributed by atoms with Crippen molar-refractivity contribution < 1.29 is 28.5 Å². The number of carbonyl (C=O) groups is 2. The second kappa shape index (κ2) is 14.4. The molecule has 0 saturated carbocycles. The number of thiophene rings is 1. The van der Waals surface area contributed by atoms with Crippen LogP contribution in [0.5, 0.6) is 23.0 Å². The van der Waals surface area contributed by atoms with Gasteiger partial charge in [0.15, 0.2) is 11.5 Å². The first-order valence-corrected chi connectivity index (χ1v) is 13.8. The maximum absolute atomic E-state index is 13.8. The Hall–Kier alpha value is -3.72. The van der Waals surface area contributed by atoms with Gasteiger partial charge in [-0.1, -0.05) is 19.1 Å². The zero-order valence-corrected chi connectivity index (χ0v) is 24.4. The molecule has 2 amide bonds. The minimum absolute atomic E-state index is 0.0413. The average Bonchev–Trinajstić information content (AvgIpc) is 3.49. The molecule has 0 N–H and O–H groups in total. The number of nitrogens with zero attached hydrogens (tertiary/aromatic N) is 2. The fraction of sp³-hybridized carbons (Fsp3) is 0.400. The van der Waals surface area contributed by atoms with Crippen LogP contribution in [0, 0.1) is 0 Å². The van der Waals surface area contributed by atoms with Crippen LogP contribution in [0.25, 0.3) is 0 Å². The molecule has 8 nitrogen and oxygen atoms in total. The summed E-state index contributed by atoms with van der Waals surface area (Å²) in [5.74, 6) is 1.92. The van der Waals surface area contributed by atoms with Crippen LogP contribution in [0.4, 0.5) is 0 Å². The van der Waals surface area contributed by atoms with E-state index in [1.807, 2.05) is 54.5 Å². The second-order valence-electron chi connectivity index (χ2n) is 9.09. The van der Waals surface area contributed by atoms with Crippen LogP contribution >= 0.6 is 11.3 Å². The highest BCUT2D eigenvalue weighted by Gasteiger charge is 2.28. The molecule has 2 aromatic carbocycles. The smallest absolute Gasteiger partial charge is 0.258 e. The molecule has 0 spiro atoms. The lowest BCUT2D eigenvalue weighted by Crippen LogP contribution is -2.46. The summed E-state index contributed by atoms with van der Waals surface area (Å²) >= 11 is 1.60. The maximum Gasteiger partial charge on any atom is 0.258 e. The minimum Gasteiger partial charge on any atom is -0.497 e. The normalized spacial score (nSPS) is 11.4. The van der Waals surface area contributed by atoms with Crippen LogP contribution in [-0.2, 0) is 17.8 Å². The topological polar surface area (TPSA) is 77.5 Å². The monoisotopic (exact) mass is 554 g/mol. The molecule has 1 unspecified atom stereocenters. The quantitative estimate of drug-likeness (QED) is 0.269. The third-order valence-electron chi connectivity index (χ3n) is 6.73. The Kier molecular flexibility index (Phi) is 11.0. The van der Waals surface area contributed by atoms with Crippen molar-refractivity contribution in [3.63, 3.8) is 0 Å². The van der Waals surface area contributed by atoms with Gasteiger partial charge in [0, 0.05) is 23.5 Å². The highest BCUT2D eigenvalue weighted by molar-refractivity contribution is 7.09. The third kappa shape index (κ3) is 7.66. The molecule has 9 heteroatoms. The summed E-state index contributed by atoms with van der Waals surface area (Å²) in [6.07, 6.45) is 1.33. The Labute approximate surface area is 235 Å². The molecule has 0 bridgehead atoms. The number of carbonyl (C=O) groups excluding carboxylic acids is 2. The second-order valence-corrected chi connectivity index (χ2v) is 10.1. The maximum atomic E-state index is 13.8. The highest BCUT2D eigenvalue weighted by Crippen LogP contribution is 2.29. The van der Waals surface area contributed by atoms with E-state index in [2.05, 4.69) is 0 Å². The molecule has 0 aliphatic carbocycles. The lowest BCUT2D eigenvalue weighted by molar-refractivity contribution is -0.132. The number of hydrogen-bond donors (Lipinski definition) is 0. The summed E-state index contributed by atoms with van der Waals surface area (Å²) in [5, 5.41) is 2.00. The van der Waals surface area contributed by atoms with Crippen LogP contribution < -0.4 is 18.9 Å². The first kappa shape index (κ1) is 29.8. The van der Waals surface area contributed by atoms with Crippen molar-refractivity contribution in [2.75, 3.05) is 41.5 Å². The standard InChI is InChI=1S/C30H38N2O6S/c1-7-21(2)32(30(34)25-12-11-23(35-3)18-27(25)37-5)20-29(33)31(19-24-9-8-16-39-24)15-14-22-10-13-26(36-4)28(17-22)38-6/h8-13,16-18,21H,7,14-15,19-20H2,1-6H3. The molecule has 210 valence electrons. The molecule has 0 saturated heterocycles. The van der Waals surface area contributed by atoms with E-state index in [-0.39, 0.29) is 24.4 Å². The van der Waals surface area contributed by atoms with Gasteiger partial charge in [-0.3, -0.25) is 9.59 Å². The minimum atomic E-state index is -0.256. The molecule has 1 atom stereocenters. The van der Waals surface area contributed by atoms with Crippen LogP contribution in [0.15, 0.2) is 53.9 Å². The van der Waals surface area contributed by atoms with Crippen molar-refractivity contribution in [2.45, 2.75) is 39.3 Å². The fourth-order valence-corrected chi connectivity index (χ4v) is 4.93. The van der Waals surface area contributed by atoms with Gasteiger partial charge in [0.05, 0.1) is 40.5 Å². The van der Waals surface area contributed by atoms with E-state index in [1.54, 1.807) is 55.8 Å².